The maximum atomic E-state index is 11.0. The number of hydrogen-bond donors (Lipinski definition) is 3. The fourth-order valence-corrected chi connectivity index (χ4v) is 1.99. The van der Waals surface area contributed by atoms with Crippen molar-refractivity contribution < 1.29 is 4.79 Å². The van der Waals surface area contributed by atoms with Crippen LogP contribution in [-0.4, -0.2) is 16.9 Å². The molecule has 1 amide bonds. The molecule has 1 aliphatic carbocycles. The second-order valence-electron chi connectivity index (χ2n) is 4.12. The molecule has 2 rings (SSSR count). The van der Waals surface area contributed by atoms with Crippen LogP contribution in [0.1, 0.15) is 36.2 Å². The molecule has 1 heterocycles. The van der Waals surface area contributed by atoms with Crippen molar-refractivity contribution in [2.24, 2.45) is 5.73 Å². The summed E-state index contributed by atoms with van der Waals surface area (Å²) in [5.41, 5.74) is 11.8. The van der Waals surface area contributed by atoms with Crippen LogP contribution in [0.4, 0.5) is 11.5 Å². The van der Waals surface area contributed by atoms with Crippen LogP contribution in [0, 0.1) is 0 Å². The molecule has 0 unspecified atom stereocenters. The standard InChI is InChI=1S/C11H16N4O/c12-8-5-6-9(10(13)16)15-11(8)14-7-3-1-2-4-7/h5-7H,1-4,12H2,(H2,13,16)(H,14,15). The van der Waals surface area contributed by atoms with Crippen LogP contribution in [0.15, 0.2) is 12.1 Å². The summed E-state index contributed by atoms with van der Waals surface area (Å²) in [6.07, 6.45) is 4.71. The summed E-state index contributed by atoms with van der Waals surface area (Å²) in [5.74, 6) is 0.0395. The highest BCUT2D eigenvalue weighted by atomic mass is 16.1. The first kappa shape index (κ1) is 10.7. The van der Waals surface area contributed by atoms with Crippen molar-refractivity contribution in [2.75, 3.05) is 11.1 Å². The highest BCUT2D eigenvalue weighted by Crippen LogP contribution is 2.24. The quantitative estimate of drug-likeness (QED) is 0.711. The highest BCUT2D eigenvalue weighted by molar-refractivity contribution is 5.91. The topological polar surface area (TPSA) is 94.0 Å². The third-order valence-electron chi connectivity index (χ3n) is 2.87. The van der Waals surface area contributed by atoms with Gasteiger partial charge in [-0.25, -0.2) is 4.98 Å². The zero-order chi connectivity index (χ0) is 11.5. The van der Waals surface area contributed by atoms with E-state index in [9.17, 15) is 4.79 Å². The van der Waals surface area contributed by atoms with Crippen LogP contribution in [0.5, 0.6) is 0 Å². The van der Waals surface area contributed by atoms with Crippen molar-refractivity contribution in [1.82, 2.24) is 4.98 Å². The van der Waals surface area contributed by atoms with E-state index < -0.39 is 5.91 Å². The van der Waals surface area contributed by atoms with E-state index in [4.69, 9.17) is 11.5 Å². The SMILES string of the molecule is NC(=O)c1ccc(N)c(NC2CCCC2)n1. The van der Waals surface area contributed by atoms with Gasteiger partial charge in [-0.05, 0) is 25.0 Å². The lowest BCUT2D eigenvalue weighted by Gasteiger charge is -2.14. The minimum Gasteiger partial charge on any atom is -0.396 e. The molecular weight excluding hydrogens is 204 g/mol. The number of aromatic nitrogens is 1. The molecule has 0 radical (unpaired) electrons. The average molecular weight is 220 g/mol. The van der Waals surface area contributed by atoms with E-state index in [2.05, 4.69) is 10.3 Å². The van der Waals surface area contributed by atoms with Gasteiger partial charge in [0.1, 0.15) is 11.5 Å². The third kappa shape index (κ3) is 2.24. The Morgan fingerprint density at radius 1 is 1.38 bits per heavy atom. The molecule has 1 saturated carbocycles. The normalized spacial score (nSPS) is 16.2. The Morgan fingerprint density at radius 2 is 2.06 bits per heavy atom. The number of nitrogen functional groups attached to an aromatic ring is 1. The Labute approximate surface area is 94.2 Å². The maximum Gasteiger partial charge on any atom is 0.267 e. The van der Waals surface area contributed by atoms with Crippen LogP contribution in [0.3, 0.4) is 0 Å². The van der Waals surface area contributed by atoms with E-state index in [1.54, 1.807) is 6.07 Å². The summed E-state index contributed by atoms with van der Waals surface area (Å²) in [6, 6.07) is 3.61. The predicted molar refractivity (Wildman–Crippen MR) is 63.0 cm³/mol. The lowest BCUT2D eigenvalue weighted by Crippen LogP contribution is -2.19. The summed E-state index contributed by atoms with van der Waals surface area (Å²) in [7, 11) is 0. The zero-order valence-corrected chi connectivity index (χ0v) is 9.07. The van der Waals surface area contributed by atoms with Gasteiger partial charge in [0.25, 0.3) is 5.91 Å². The van der Waals surface area contributed by atoms with Gasteiger partial charge in [-0.1, -0.05) is 12.8 Å². The van der Waals surface area contributed by atoms with Gasteiger partial charge in [-0.3, -0.25) is 4.79 Å². The number of hydrogen-bond acceptors (Lipinski definition) is 4. The molecule has 16 heavy (non-hydrogen) atoms. The van der Waals surface area contributed by atoms with E-state index in [1.807, 2.05) is 0 Å². The van der Waals surface area contributed by atoms with Crippen LogP contribution >= 0.6 is 0 Å². The third-order valence-corrected chi connectivity index (χ3v) is 2.87. The maximum absolute atomic E-state index is 11.0. The molecule has 1 aliphatic rings. The predicted octanol–water partition coefficient (Wildman–Crippen LogP) is 1.12. The monoisotopic (exact) mass is 220 g/mol. The number of anilines is 2. The molecule has 1 aromatic rings. The minimum absolute atomic E-state index is 0.245. The van der Waals surface area contributed by atoms with Crippen LogP contribution in [0.2, 0.25) is 0 Å². The van der Waals surface area contributed by atoms with Crippen LogP contribution in [0.25, 0.3) is 0 Å². The van der Waals surface area contributed by atoms with Crippen molar-refractivity contribution in [2.45, 2.75) is 31.7 Å². The highest BCUT2D eigenvalue weighted by Gasteiger charge is 2.16. The Kier molecular flexibility index (Phi) is 2.94. The molecule has 1 aromatic heterocycles. The number of primary amides is 1. The Hall–Kier alpha value is -1.78. The van der Waals surface area contributed by atoms with Gasteiger partial charge in [-0.15, -0.1) is 0 Å². The smallest absolute Gasteiger partial charge is 0.267 e. The summed E-state index contributed by atoms with van der Waals surface area (Å²) >= 11 is 0. The van der Waals surface area contributed by atoms with E-state index in [0.717, 1.165) is 12.8 Å². The van der Waals surface area contributed by atoms with Gasteiger partial charge in [-0.2, -0.15) is 0 Å². The summed E-state index contributed by atoms with van der Waals surface area (Å²) in [4.78, 5) is 15.1. The largest absolute Gasteiger partial charge is 0.396 e. The van der Waals surface area contributed by atoms with Crippen molar-refractivity contribution in [1.29, 1.82) is 0 Å². The second-order valence-corrected chi connectivity index (χ2v) is 4.12. The van der Waals surface area contributed by atoms with Crippen molar-refractivity contribution >= 4 is 17.4 Å². The number of nitrogens with two attached hydrogens (primary N) is 2. The molecule has 5 N–H and O–H groups in total. The molecule has 5 nitrogen and oxygen atoms in total. The van der Waals surface area contributed by atoms with Gasteiger partial charge >= 0.3 is 0 Å². The van der Waals surface area contributed by atoms with E-state index in [1.165, 1.54) is 18.9 Å². The lowest BCUT2D eigenvalue weighted by molar-refractivity contribution is 0.0995. The number of nitrogens with one attached hydrogen (secondary N) is 1. The second kappa shape index (κ2) is 4.38. The molecule has 0 bridgehead atoms. The Bertz CT molecular complexity index is 399. The van der Waals surface area contributed by atoms with Crippen molar-refractivity contribution in [3.63, 3.8) is 0 Å². The molecule has 0 atom stereocenters. The Balaban J connectivity index is 2.17. The van der Waals surface area contributed by atoms with E-state index in [0.29, 0.717) is 17.5 Å². The fraction of sp³-hybridized carbons (Fsp3) is 0.455. The number of amides is 1. The molecule has 0 spiro atoms. The van der Waals surface area contributed by atoms with Crippen LogP contribution in [-0.2, 0) is 0 Å². The average Bonchev–Trinajstić information content (AvgIpc) is 2.73. The minimum atomic E-state index is -0.533. The molecule has 1 fully saturated rings. The number of rotatable bonds is 3. The Morgan fingerprint density at radius 3 is 2.69 bits per heavy atom. The number of nitrogens with zero attached hydrogens (tertiary/aromatic N) is 1. The first-order chi connectivity index (χ1) is 7.66. The lowest BCUT2D eigenvalue weighted by atomic mass is 10.2. The van der Waals surface area contributed by atoms with Gasteiger partial charge in [0.05, 0.1) is 5.69 Å². The summed E-state index contributed by atoms with van der Waals surface area (Å²) < 4.78 is 0. The summed E-state index contributed by atoms with van der Waals surface area (Å²) in [5, 5.41) is 3.26. The molecule has 0 saturated heterocycles. The van der Waals surface area contributed by atoms with Gasteiger partial charge in [0, 0.05) is 6.04 Å². The number of pyridine rings is 1. The van der Waals surface area contributed by atoms with Crippen molar-refractivity contribution in [3.8, 4) is 0 Å². The molecule has 0 aromatic carbocycles. The first-order valence-corrected chi connectivity index (χ1v) is 5.49. The zero-order valence-electron chi connectivity index (χ0n) is 9.07. The number of carbonyl (C=O) groups excluding carboxylic acids is 1. The fourth-order valence-electron chi connectivity index (χ4n) is 1.99. The van der Waals surface area contributed by atoms with E-state index in [-0.39, 0.29) is 5.69 Å². The van der Waals surface area contributed by atoms with Gasteiger partial charge < -0.3 is 16.8 Å². The van der Waals surface area contributed by atoms with Crippen molar-refractivity contribution in [3.05, 3.63) is 17.8 Å². The summed E-state index contributed by atoms with van der Waals surface area (Å²) in [6.45, 7) is 0. The molecule has 0 aliphatic heterocycles. The van der Waals surface area contributed by atoms with Gasteiger partial charge in [0.2, 0.25) is 0 Å². The molecule has 86 valence electrons. The van der Waals surface area contributed by atoms with E-state index >= 15 is 0 Å². The van der Waals surface area contributed by atoms with Crippen LogP contribution < -0.4 is 16.8 Å². The van der Waals surface area contributed by atoms with Gasteiger partial charge in [0.15, 0.2) is 0 Å². The number of carbonyl (C=O) groups is 1. The first-order valence-electron chi connectivity index (χ1n) is 5.49. The molecular formula is C11H16N4O. The molecule has 5 heteroatoms.